The third-order valence-corrected chi connectivity index (χ3v) is 3.70. The van der Waals surface area contributed by atoms with Crippen molar-refractivity contribution >= 4 is 5.91 Å². The third-order valence-electron chi connectivity index (χ3n) is 3.70. The highest BCUT2D eigenvalue weighted by molar-refractivity contribution is 5.95. The Bertz CT molecular complexity index is 488. The van der Waals surface area contributed by atoms with E-state index in [0.717, 1.165) is 17.9 Å². The first kappa shape index (κ1) is 14.9. The molecule has 1 aromatic rings. The molecule has 1 amide bonds. The van der Waals surface area contributed by atoms with Gasteiger partial charge in [0.2, 0.25) is 0 Å². The zero-order valence-electron chi connectivity index (χ0n) is 12.7. The van der Waals surface area contributed by atoms with Gasteiger partial charge in [-0.05, 0) is 13.3 Å². The lowest BCUT2D eigenvalue weighted by Gasteiger charge is -2.35. The summed E-state index contributed by atoms with van der Waals surface area (Å²) in [5, 5.41) is 0. The molecule has 5 heteroatoms. The van der Waals surface area contributed by atoms with Gasteiger partial charge in [0.1, 0.15) is 5.82 Å². The van der Waals surface area contributed by atoms with Gasteiger partial charge >= 0.3 is 0 Å². The monoisotopic (exact) mass is 277 g/mol. The number of morpholine rings is 1. The lowest BCUT2D eigenvalue weighted by atomic mass is 10.1. The molecule has 1 aliphatic heterocycles. The molecule has 110 valence electrons. The van der Waals surface area contributed by atoms with Crippen molar-refractivity contribution in [3.05, 3.63) is 23.3 Å². The fourth-order valence-electron chi connectivity index (χ4n) is 2.39. The fraction of sp³-hybridized carbons (Fsp3) is 0.667. The number of carbonyl (C=O) groups excluding carboxylic acids is 1. The molecule has 0 spiro atoms. The highest BCUT2D eigenvalue weighted by Crippen LogP contribution is 2.17. The van der Waals surface area contributed by atoms with Crippen LogP contribution in [-0.4, -0.2) is 46.6 Å². The highest BCUT2D eigenvalue weighted by Gasteiger charge is 2.28. The first-order chi connectivity index (χ1) is 9.54. The third kappa shape index (κ3) is 2.98. The van der Waals surface area contributed by atoms with Crippen LogP contribution in [0.25, 0.3) is 0 Å². The summed E-state index contributed by atoms with van der Waals surface area (Å²) >= 11 is 0. The summed E-state index contributed by atoms with van der Waals surface area (Å²) in [6, 6.07) is 0.153. The fourth-order valence-corrected chi connectivity index (χ4v) is 2.39. The van der Waals surface area contributed by atoms with Crippen LogP contribution in [0.15, 0.2) is 6.20 Å². The first-order valence-electron chi connectivity index (χ1n) is 7.26. The van der Waals surface area contributed by atoms with Crippen molar-refractivity contribution < 1.29 is 9.53 Å². The standard InChI is InChI=1S/C15H23N3O2/c1-5-12-9-20-7-6-18(12)15(19)13-8-16-14(10(2)3)17-11(13)4/h8,10,12H,5-7,9H2,1-4H3/t12-/m0/s1. The van der Waals surface area contributed by atoms with Crippen LogP contribution in [-0.2, 0) is 4.74 Å². The second-order valence-electron chi connectivity index (χ2n) is 5.52. The maximum atomic E-state index is 12.7. The minimum atomic E-state index is 0.0213. The minimum absolute atomic E-state index is 0.0213. The Morgan fingerprint density at radius 2 is 2.30 bits per heavy atom. The number of amides is 1. The molecule has 0 N–H and O–H groups in total. The van der Waals surface area contributed by atoms with Crippen LogP contribution in [0.5, 0.6) is 0 Å². The largest absolute Gasteiger partial charge is 0.377 e. The van der Waals surface area contributed by atoms with Crippen LogP contribution < -0.4 is 0 Å². The van der Waals surface area contributed by atoms with E-state index in [1.807, 2.05) is 25.7 Å². The number of aromatic nitrogens is 2. The van der Waals surface area contributed by atoms with Crippen LogP contribution in [0.1, 0.15) is 55.0 Å². The van der Waals surface area contributed by atoms with Gasteiger partial charge in [0.05, 0.1) is 30.5 Å². The molecule has 1 saturated heterocycles. The van der Waals surface area contributed by atoms with Crippen molar-refractivity contribution in [2.75, 3.05) is 19.8 Å². The topological polar surface area (TPSA) is 55.3 Å². The smallest absolute Gasteiger partial charge is 0.257 e. The molecule has 0 aliphatic carbocycles. The summed E-state index contributed by atoms with van der Waals surface area (Å²) in [5.41, 5.74) is 1.37. The Labute approximate surface area is 120 Å². The van der Waals surface area contributed by atoms with Gasteiger partial charge < -0.3 is 9.64 Å². The van der Waals surface area contributed by atoms with Gasteiger partial charge in [-0.2, -0.15) is 0 Å². The molecule has 0 aromatic carbocycles. The van der Waals surface area contributed by atoms with Gasteiger partial charge in [-0.15, -0.1) is 0 Å². The van der Waals surface area contributed by atoms with Gasteiger partial charge in [-0.3, -0.25) is 4.79 Å². The number of nitrogens with zero attached hydrogens (tertiary/aromatic N) is 3. The SMILES string of the molecule is CC[C@H]1COCCN1C(=O)c1cnc(C(C)C)nc1C. The average molecular weight is 277 g/mol. The Morgan fingerprint density at radius 3 is 2.90 bits per heavy atom. The molecule has 1 fully saturated rings. The number of hydrogen-bond donors (Lipinski definition) is 0. The molecule has 1 aliphatic rings. The summed E-state index contributed by atoms with van der Waals surface area (Å²) in [4.78, 5) is 23.3. The summed E-state index contributed by atoms with van der Waals surface area (Å²) in [6.07, 6.45) is 2.57. The molecule has 0 bridgehead atoms. The first-order valence-corrected chi connectivity index (χ1v) is 7.26. The van der Waals surface area contributed by atoms with Crippen LogP contribution in [0, 0.1) is 6.92 Å². The van der Waals surface area contributed by atoms with E-state index in [1.54, 1.807) is 6.20 Å². The lowest BCUT2D eigenvalue weighted by molar-refractivity contribution is -0.00289. The Balaban J connectivity index is 2.24. The number of hydrogen-bond acceptors (Lipinski definition) is 4. The molecule has 2 rings (SSSR count). The molecule has 0 saturated carbocycles. The van der Waals surface area contributed by atoms with Gasteiger partial charge in [0.15, 0.2) is 0 Å². The molecule has 20 heavy (non-hydrogen) atoms. The maximum absolute atomic E-state index is 12.7. The second-order valence-corrected chi connectivity index (χ2v) is 5.52. The number of ether oxygens (including phenoxy) is 1. The molecule has 0 unspecified atom stereocenters. The summed E-state index contributed by atoms with van der Waals surface area (Å²) in [7, 11) is 0. The molecular formula is C15H23N3O2. The van der Waals surface area contributed by atoms with Crippen molar-refractivity contribution in [3.8, 4) is 0 Å². The normalized spacial score (nSPS) is 19.4. The van der Waals surface area contributed by atoms with Crippen molar-refractivity contribution in [2.45, 2.75) is 46.1 Å². The van der Waals surface area contributed by atoms with E-state index in [9.17, 15) is 4.79 Å². The van der Waals surface area contributed by atoms with Crippen LogP contribution >= 0.6 is 0 Å². The van der Waals surface area contributed by atoms with E-state index in [-0.39, 0.29) is 17.9 Å². The Kier molecular flexibility index (Phi) is 4.70. The summed E-state index contributed by atoms with van der Waals surface area (Å²) < 4.78 is 5.44. The van der Waals surface area contributed by atoms with E-state index < -0.39 is 0 Å². The van der Waals surface area contributed by atoms with Crippen molar-refractivity contribution in [3.63, 3.8) is 0 Å². The van der Waals surface area contributed by atoms with E-state index in [1.165, 1.54) is 0 Å². The molecule has 0 radical (unpaired) electrons. The molecule has 1 aromatic heterocycles. The number of carbonyl (C=O) groups is 1. The van der Waals surface area contributed by atoms with Crippen molar-refractivity contribution in [2.24, 2.45) is 0 Å². The Hall–Kier alpha value is -1.49. The average Bonchev–Trinajstić information content (AvgIpc) is 2.46. The second kappa shape index (κ2) is 6.31. The zero-order valence-corrected chi connectivity index (χ0v) is 12.7. The molecular weight excluding hydrogens is 254 g/mol. The van der Waals surface area contributed by atoms with Gasteiger partial charge in [0, 0.05) is 18.7 Å². The van der Waals surface area contributed by atoms with Crippen LogP contribution in [0.4, 0.5) is 0 Å². The van der Waals surface area contributed by atoms with E-state index in [2.05, 4.69) is 16.9 Å². The van der Waals surface area contributed by atoms with Crippen molar-refractivity contribution in [1.29, 1.82) is 0 Å². The predicted molar refractivity (Wildman–Crippen MR) is 76.8 cm³/mol. The molecule has 1 atom stereocenters. The van der Waals surface area contributed by atoms with Crippen LogP contribution in [0.2, 0.25) is 0 Å². The van der Waals surface area contributed by atoms with Crippen molar-refractivity contribution in [1.82, 2.24) is 14.9 Å². The molecule has 5 nitrogen and oxygen atoms in total. The highest BCUT2D eigenvalue weighted by atomic mass is 16.5. The lowest BCUT2D eigenvalue weighted by Crippen LogP contribution is -2.48. The van der Waals surface area contributed by atoms with Gasteiger partial charge in [0.25, 0.3) is 5.91 Å². The quantitative estimate of drug-likeness (QED) is 0.849. The van der Waals surface area contributed by atoms with E-state index >= 15 is 0 Å². The van der Waals surface area contributed by atoms with Gasteiger partial charge in [-0.25, -0.2) is 9.97 Å². The van der Waals surface area contributed by atoms with Crippen LogP contribution in [0.3, 0.4) is 0 Å². The molecule has 2 heterocycles. The number of aryl methyl sites for hydroxylation is 1. The van der Waals surface area contributed by atoms with Gasteiger partial charge in [-0.1, -0.05) is 20.8 Å². The predicted octanol–water partition coefficient (Wildman–Crippen LogP) is 2.16. The summed E-state index contributed by atoms with van der Waals surface area (Å²) in [6.45, 7) is 9.91. The van der Waals surface area contributed by atoms with E-state index in [0.29, 0.717) is 25.3 Å². The van der Waals surface area contributed by atoms with E-state index in [4.69, 9.17) is 4.74 Å². The zero-order chi connectivity index (χ0) is 14.7. The summed E-state index contributed by atoms with van der Waals surface area (Å²) in [5.74, 6) is 1.07. The minimum Gasteiger partial charge on any atom is -0.377 e. The maximum Gasteiger partial charge on any atom is 0.257 e. The Morgan fingerprint density at radius 1 is 1.55 bits per heavy atom. The number of rotatable bonds is 3.